The van der Waals surface area contributed by atoms with Crippen molar-refractivity contribution in [2.45, 2.75) is 52.4 Å². The van der Waals surface area contributed by atoms with E-state index in [0.29, 0.717) is 25.2 Å². The summed E-state index contributed by atoms with van der Waals surface area (Å²) in [7, 11) is 0. The first kappa shape index (κ1) is 17.0. The van der Waals surface area contributed by atoms with Gasteiger partial charge in [0.2, 0.25) is 5.91 Å². The molecule has 0 saturated carbocycles. The molecular weight excluding hydrogens is 256 g/mol. The highest BCUT2D eigenvalue weighted by atomic mass is 16.4. The number of carboxylic acids is 1. The Balaban J connectivity index is 2.32. The smallest absolute Gasteiger partial charge is 0.311 e. The van der Waals surface area contributed by atoms with Crippen LogP contribution < -0.4 is 10.6 Å². The largest absolute Gasteiger partial charge is 0.481 e. The second-order valence-corrected chi connectivity index (χ2v) is 5.82. The minimum atomic E-state index is -0.820. The van der Waals surface area contributed by atoms with Crippen molar-refractivity contribution < 1.29 is 14.7 Å². The molecule has 1 heterocycles. The monoisotopic (exact) mass is 284 g/mol. The Hall–Kier alpha value is -1.10. The minimum Gasteiger partial charge on any atom is -0.481 e. The van der Waals surface area contributed by atoms with Gasteiger partial charge < -0.3 is 15.7 Å². The number of carboxylic acid groups (broad SMARTS) is 1. The number of nitrogens with one attached hydrogen (secondary N) is 2. The lowest BCUT2D eigenvalue weighted by Gasteiger charge is -2.27. The zero-order valence-electron chi connectivity index (χ0n) is 12.7. The number of carbonyl (C=O) groups is 2. The number of piperidine rings is 1. The maximum Gasteiger partial charge on any atom is 0.311 e. The molecule has 5 heteroatoms. The van der Waals surface area contributed by atoms with Gasteiger partial charge in [-0.3, -0.25) is 9.59 Å². The van der Waals surface area contributed by atoms with E-state index in [2.05, 4.69) is 10.6 Å². The lowest BCUT2D eigenvalue weighted by molar-refractivity contribution is -0.149. The van der Waals surface area contributed by atoms with Crippen LogP contribution in [0.4, 0.5) is 0 Å². The molecule has 1 unspecified atom stereocenters. The average molecular weight is 284 g/mol. The first-order chi connectivity index (χ1) is 9.54. The third kappa shape index (κ3) is 4.78. The quantitative estimate of drug-likeness (QED) is 0.635. The van der Waals surface area contributed by atoms with Crippen molar-refractivity contribution >= 4 is 11.9 Å². The summed E-state index contributed by atoms with van der Waals surface area (Å²) in [5.41, 5.74) is -0.817. The van der Waals surface area contributed by atoms with Gasteiger partial charge in [0.1, 0.15) is 0 Å². The van der Waals surface area contributed by atoms with E-state index in [-0.39, 0.29) is 12.5 Å². The molecule has 0 aromatic rings. The summed E-state index contributed by atoms with van der Waals surface area (Å²) >= 11 is 0. The van der Waals surface area contributed by atoms with E-state index < -0.39 is 11.4 Å². The molecule has 20 heavy (non-hydrogen) atoms. The SMILES string of the molecule is CCC(CC)(CNC(=O)CCC1CCCNC1)C(=O)O. The molecule has 0 aromatic heterocycles. The molecule has 0 aliphatic carbocycles. The highest BCUT2D eigenvalue weighted by molar-refractivity contribution is 5.79. The van der Waals surface area contributed by atoms with Crippen molar-refractivity contribution in [3.8, 4) is 0 Å². The summed E-state index contributed by atoms with van der Waals surface area (Å²) in [6, 6.07) is 0. The number of hydrogen-bond acceptors (Lipinski definition) is 3. The predicted octanol–water partition coefficient (Wildman–Crippen LogP) is 1.77. The third-order valence-electron chi connectivity index (χ3n) is 4.61. The fourth-order valence-corrected chi connectivity index (χ4v) is 2.74. The summed E-state index contributed by atoms with van der Waals surface area (Å²) in [5.74, 6) is -0.265. The van der Waals surface area contributed by atoms with E-state index in [1.807, 2.05) is 13.8 Å². The van der Waals surface area contributed by atoms with Gasteiger partial charge in [0, 0.05) is 13.0 Å². The lowest BCUT2D eigenvalue weighted by Crippen LogP contribution is -2.42. The van der Waals surface area contributed by atoms with Crippen molar-refractivity contribution in [2.75, 3.05) is 19.6 Å². The van der Waals surface area contributed by atoms with Gasteiger partial charge in [-0.15, -0.1) is 0 Å². The van der Waals surface area contributed by atoms with Gasteiger partial charge >= 0.3 is 5.97 Å². The van der Waals surface area contributed by atoms with Crippen LogP contribution in [0.5, 0.6) is 0 Å². The molecule has 0 aromatic carbocycles. The second-order valence-electron chi connectivity index (χ2n) is 5.82. The number of carbonyl (C=O) groups excluding carboxylic acids is 1. The minimum absolute atomic E-state index is 0.0249. The maximum atomic E-state index is 11.9. The Morgan fingerprint density at radius 3 is 2.55 bits per heavy atom. The molecule has 3 N–H and O–H groups in total. The molecule has 0 spiro atoms. The van der Waals surface area contributed by atoms with Crippen LogP contribution in [0.2, 0.25) is 0 Å². The number of rotatable bonds is 8. The Morgan fingerprint density at radius 1 is 1.35 bits per heavy atom. The van der Waals surface area contributed by atoms with Crippen molar-refractivity contribution in [3.05, 3.63) is 0 Å². The molecule has 0 radical (unpaired) electrons. The van der Waals surface area contributed by atoms with Crippen LogP contribution in [0, 0.1) is 11.3 Å². The summed E-state index contributed by atoms with van der Waals surface area (Å²) < 4.78 is 0. The van der Waals surface area contributed by atoms with Gasteiger partial charge in [-0.05, 0) is 51.1 Å². The summed E-state index contributed by atoms with van der Waals surface area (Å²) in [5, 5.41) is 15.5. The van der Waals surface area contributed by atoms with Gasteiger partial charge in [0.05, 0.1) is 5.41 Å². The molecule has 1 saturated heterocycles. The molecule has 1 amide bonds. The predicted molar refractivity (Wildman–Crippen MR) is 78.5 cm³/mol. The van der Waals surface area contributed by atoms with Crippen molar-refractivity contribution in [2.24, 2.45) is 11.3 Å². The molecule has 1 aliphatic heterocycles. The molecule has 116 valence electrons. The Morgan fingerprint density at radius 2 is 2.05 bits per heavy atom. The van der Waals surface area contributed by atoms with E-state index in [9.17, 15) is 14.7 Å². The van der Waals surface area contributed by atoms with E-state index in [1.54, 1.807) is 0 Å². The highest BCUT2D eigenvalue weighted by Crippen LogP contribution is 2.25. The lowest BCUT2D eigenvalue weighted by atomic mass is 9.82. The Labute approximate surface area is 121 Å². The molecule has 1 rings (SSSR count). The summed E-state index contributed by atoms with van der Waals surface area (Å²) in [6.07, 6.45) is 4.81. The number of hydrogen-bond donors (Lipinski definition) is 3. The first-order valence-electron chi connectivity index (χ1n) is 7.75. The third-order valence-corrected chi connectivity index (χ3v) is 4.61. The van der Waals surface area contributed by atoms with Crippen LogP contribution in [0.15, 0.2) is 0 Å². The molecule has 1 atom stereocenters. The standard InChI is InChI=1S/C15H28N2O3/c1-3-15(4-2,14(19)20)11-17-13(18)8-7-12-6-5-9-16-10-12/h12,16H,3-11H2,1-2H3,(H,17,18)(H,19,20). The zero-order chi connectivity index (χ0) is 15.0. The van der Waals surface area contributed by atoms with Gasteiger partial charge in [0.15, 0.2) is 0 Å². The van der Waals surface area contributed by atoms with Crippen molar-refractivity contribution in [1.29, 1.82) is 0 Å². The van der Waals surface area contributed by atoms with Gasteiger partial charge in [0.25, 0.3) is 0 Å². The molecule has 1 fully saturated rings. The van der Waals surface area contributed by atoms with E-state index in [4.69, 9.17) is 0 Å². The van der Waals surface area contributed by atoms with Crippen LogP contribution in [-0.4, -0.2) is 36.6 Å². The van der Waals surface area contributed by atoms with Gasteiger partial charge in [-0.25, -0.2) is 0 Å². The molecule has 0 bridgehead atoms. The van der Waals surface area contributed by atoms with Gasteiger partial charge in [-0.1, -0.05) is 13.8 Å². The Bertz CT molecular complexity index is 321. The van der Waals surface area contributed by atoms with Crippen LogP contribution >= 0.6 is 0 Å². The average Bonchev–Trinajstić information content (AvgIpc) is 2.47. The number of amides is 1. The van der Waals surface area contributed by atoms with Crippen molar-refractivity contribution in [1.82, 2.24) is 10.6 Å². The molecule has 5 nitrogen and oxygen atoms in total. The van der Waals surface area contributed by atoms with E-state index in [1.165, 1.54) is 12.8 Å². The maximum absolute atomic E-state index is 11.9. The normalized spacial score (nSPS) is 19.6. The Kier molecular flexibility index (Phi) is 6.99. The summed E-state index contributed by atoms with van der Waals surface area (Å²) in [6.45, 7) is 6.03. The number of aliphatic carboxylic acids is 1. The fourth-order valence-electron chi connectivity index (χ4n) is 2.74. The van der Waals surface area contributed by atoms with Crippen LogP contribution in [-0.2, 0) is 9.59 Å². The molecular formula is C15H28N2O3. The van der Waals surface area contributed by atoms with Gasteiger partial charge in [-0.2, -0.15) is 0 Å². The zero-order valence-corrected chi connectivity index (χ0v) is 12.7. The fraction of sp³-hybridized carbons (Fsp3) is 0.867. The van der Waals surface area contributed by atoms with E-state index in [0.717, 1.165) is 19.5 Å². The van der Waals surface area contributed by atoms with Crippen LogP contribution in [0.3, 0.4) is 0 Å². The second kappa shape index (κ2) is 8.25. The highest BCUT2D eigenvalue weighted by Gasteiger charge is 2.35. The van der Waals surface area contributed by atoms with Crippen LogP contribution in [0.25, 0.3) is 0 Å². The van der Waals surface area contributed by atoms with Crippen LogP contribution in [0.1, 0.15) is 52.4 Å². The topological polar surface area (TPSA) is 78.4 Å². The summed E-state index contributed by atoms with van der Waals surface area (Å²) in [4.78, 5) is 23.2. The molecule has 1 aliphatic rings. The first-order valence-corrected chi connectivity index (χ1v) is 7.75. The van der Waals surface area contributed by atoms with Crippen molar-refractivity contribution in [3.63, 3.8) is 0 Å². The van der Waals surface area contributed by atoms with E-state index >= 15 is 0 Å².